The molecule has 74 valence electrons. The molecule has 0 radical (unpaired) electrons. The van der Waals surface area contributed by atoms with E-state index in [1.54, 1.807) is 0 Å². The number of ether oxygens (including phenoxy) is 2. The summed E-state index contributed by atoms with van der Waals surface area (Å²) in [5.41, 5.74) is 2.13. The number of fused-ring (bicyclic) bond motifs is 1. The molecule has 0 aromatic heterocycles. The monoisotopic (exact) mass is 193 g/mol. The zero-order chi connectivity index (χ0) is 9.97. The van der Waals surface area contributed by atoms with Crippen LogP contribution in [0.3, 0.4) is 0 Å². The smallest absolute Gasteiger partial charge is 0.264 e. The Bertz CT molecular complexity index is 374. The average Bonchev–Trinajstić information content (AvgIpc) is 2.39. The Balaban J connectivity index is 2.30. The lowest BCUT2D eigenvalue weighted by molar-refractivity contribution is 0.234. The van der Waals surface area contributed by atoms with Gasteiger partial charge in [-0.25, -0.2) is 0 Å². The van der Waals surface area contributed by atoms with Gasteiger partial charge in [-0.15, -0.1) is 0 Å². The molecule has 0 atom stereocenters. The summed E-state index contributed by atoms with van der Waals surface area (Å²) in [6, 6.07) is 5.86. The van der Waals surface area contributed by atoms with E-state index in [4.69, 9.17) is 14.7 Å². The van der Waals surface area contributed by atoms with E-state index in [-0.39, 0.29) is 12.5 Å². The molecule has 0 amide bonds. The van der Waals surface area contributed by atoms with Gasteiger partial charge >= 0.3 is 0 Å². The van der Waals surface area contributed by atoms with Gasteiger partial charge in [-0.05, 0) is 19.1 Å². The molecular formula is C10H11NO3. The van der Waals surface area contributed by atoms with Crippen molar-refractivity contribution >= 4 is 5.90 Å². The summed E-state index contributed by atoms with van der Waals surface area (Å²) >= 11 is 0. The number of benzene rings is 1. The first-order valence-electron chi connectivity index (χ1n) is 4.35. The van der Waals surface area contributed by atoms with Gasteiger partial charge in [0.1, 0.15) is 12.4 Å². The zero-order valence-electron chi connectivity index (χ0n) is 7.86. The van der Waals surface area contributed by atoms with Crippen molar-refractivity contribution in [3.05, 3.63) is 29.3 Å². The Labute approximate surface area is 81.8 Å². The van der Waals surface area contributed by atoms with Crippen LogP contribution in [0, 0.1) is 6.92 Å². The van der Waals surface area contributed by atoms with E-state index in [1.807, 2.05) is 25.1 Å². The first-order valence-corrected chi connectivity index (χ1v) is 4.35. The lowest BCUT2D eigenvalue weighted by atomic mass is 10.1. The van der Waals surface area contributed by atoms with Crippen molar-refractivity contribution in [1.82, 2.24) is 0 Å². The largest absolute Gasteiger partial charge is 0.483 e. The molecular weight excluding hydrogens is 182 g/mol. The molecule has 1 aromatic rings. The molecule has 2 rings (SSSR count). The molecule has 1 N–H and O–H groups in total. The van der Waals surface area contributed by atoms with Gasteiger partial charge in [0, 0.05) is 5.56 Å². The predicted octanol–water partition coefficient (Wildman–Crippen LogP) is 1.69. The fourth-order valence-corrected chi connectivity index (χ4v) is 1.36. The summed E-state index contributed by atoms with van der Waals surface area (Å²) in [6.45, 7) is 2.56. The van der Waals surface area contributed by atoms with Crippen LogP contribution in [0.5, 0.6) is 5.75 Å². The van der Waals surface area contributed by atoms with Crippen molar-refractivity contribution < 1.29 is 14.7 Å². The first-order chi connectivity index (χ1) is 6.79. The summed E-state index contributed by atoms with van der Waals surface area (Å²) in [5.74, 6) is 0.994. The third-order valence-corrected chi connectivity index (χ3v) is 2.07. The van der Waals surface area contributed by atoms with E-state index in [0.29, 0.717) is 6.61 Å². The molecule has 1 aliphatic rings. The molecule has 0 saturated heterocycles. The molecule has 0 spiro atoms. The highest BCUT2D eigenvalue weighted by Gasteiger charge is 2.13. The number of hydrogen-bond acceptors (Lipinski definition) is 4. The molecule has 14 heavy (non-hydrogen) atoms. The lowest BCUT2D eigenvalue weighted by Gasteiger charge is -2.04. The predicted molar refractivity (Wildman–Crippen MR) is 50.7 cm³/mol. The number of hydrogen-bond donors (Lipinski definition) is 1. The van der Waals surface area contributed by atoms with Crippen LogP contribution in [0.1, 0.15) is 11.1 Å². The van der Waals surface area contributed by atoms with Crippen LogP contribution >= 0.6 is 0 Å². The number of aryl methyl sites for hydroxylation is 1. The molecule has 4 nitrogen and oxygen atoms in total. The highest BCUT2D eigenvalue weighted by atomic mass is 16.6. The molecule has 1 aliphatic heterocycles. The maximum atomic E-state index is 8.53. The quantitative estimate of drug-likeness (QED) is 0.504. The van der Waals surface area contributed by atoms with Gasteiger partial charge in [-0.2, -0.15) is 0 Å². The normalized spacial score (nSPS) is 17.9. The van der Waals surface area contributed by atoms with Crippen molar-refractivity contribution in [2.45, 2.75) is 13.5 Å². The van der Waals surface area contributed by atoms with E-state index >= 15 is 0 Å². The zero-order valence-corrected chi connectivity index (χ0v) is 7.86. The standard InChI is InChI=1S/C10H11NO3/c1-7-2-3-9-8(4-7)5-14-10(11-12)6-13-9/h2-4,12H,5-6H2,1H3. The summed E-state index contributed by atoms with van der Waals surface area (Å²) in [6.07, 6.45) is 0. The molecule has 0 saturated carbocycles. The lowest BCUT2D eigenvalue weighted by Crippen LogP contribution is -2.11. The summed E-state index contributed by atoms with van der Waals surface area (Å²) in [4.78, 5) is 0. The summed E-state index contributed by atoms with van der Waals surface area (Å²) in [5, 5.41) is 11.5. The average molecular weight is 193 g/mol. The third-order valence-electron chi connectivity index (χ3n) is 2.07. The van der Waals surface area contributed by atoms with E-state index in [9.17, 15) is 0 Å². The Hall–Kier alpha value is -1.71. The van der Waals surface area contributed by atoms with Gasteiger partial charge in [0.05, 0.1) is 0 Å². The second-order valence-corrected chi connectivity index (χ2v) is 3.18. The van der Waals surface area contributed by atoms with Crippen molar-refractivity contribution in [2.24, 2.45) is 5.16 Å². The van der Waals surface area contributed by atoms with Crippen LogP contribution in [0.15, 0.2) is 23.4 Å². The molecule has 0 fully saturated rings. The second-order valence-electron chi connectivity index (χ2n) is 3.18. The van der Waals surface area contributed by atoms with E-state index in [2.05, 4.69) is 5.16 Å². The number of rotatable bonds is 0. The molecule has 0 bridgehead atoms. The van der Waals surface area contributed by atoms with Crippen molar-refractivity contribution in [1.29, 1.82) is 0 Å². The second kappa shape index (κ2) is 3.57. The minimum Gasteiger partial charge on any atom is -0.483 e. The highest BCUT2D eigenvalue weighted by Crippen LogP contribution is 2.23. The van der Waals surface area contributed by atoms with Crippen molar-refractivity contribution in [2.75, 3.05) is 6.61 Å². The Morgan fingerprint density at radius 3 is 2.93 bits per heavy atom. The van der Waals surface area contributed by atoms with Crippen LogP contribution in [0.4, 0.5) is 0 Å². The summed E-state index contributed by atoms with van der Waals surface area (Å²) in [7, 11) is 0. The van der Waals surface area contributed by atoms with Crippen LogP contribution in [-0.2, 0) is 11.3 Å². The van der Waals surface area contributed by atoms with Gasteiger partial charge in [0.15, 0.2) is 6.61 Å². The maximum Gasteiger partial charge on any atom is 0.264 e. The fourth-order valence-electron chi connectivity index (χ4n) is 1.36. The van der Waals surface area contributed by atoms with Crippen LogP contribution in [0.25, 0.3) is 0 Å². The third kappa shape index (κ3) is 1.64. The topological polar surface area (TPSA) is 51.0 Å². The Kier molecular flexibility index (Phi) is 2.26. The minimum absolute atomic E-state index is 0.173. The SMILES string of the molecule is Cc1ccc2c(c1)COC(=NO)CO2. The Morgan fingerprint density at radius 2 is 2.14 bits per heavy atom. The van der Waals surface area contributed by atoms with Crippen LogP contribution < -0.4 is 4.74 Å². The van der Waals surface area contributed by atoms with Gasteiger partial charge in [-0.1, -0.05) is 16.8 Å². The van der Waals surface area contributed by atoms with E-state index in [0.717, 1.165) is 16.9 Å². The van der Waals surface area contributed by atoms with E-state index < -0.39 is 0 Å². The maximum absolute atomic E-state index is 8.53. The fraction of sp³-hybridized carbons (Fsp3) is 0.300. The van der Waals surface area contributed by atoms with Crippen LogP contribution in [0.2, 0.25) is 0 Å². The van der Waals surface area contributed by atoms with Crippen molar-refractivity contribution in [3.63, 3.8) is 0 Å². The minimum atomic E-state index is 0.173. The van der Waals surface area contributed by atoms with Crippen LogP contribution in [-0.4, -0.2) is 17.7 Å². The van der Waals surface area contributed by atoms with Crippen molar-refractivity contribution in [3.8, 4) is 5.75 Å². The Morgan fingerprint density at radius 1 is 1.29 bits per heavy atom. The molecule has 0 unspecified atom stereocenters. The van der Waals surface area contributed by atoms with Gasteiger partial charge in [0.2, 0.25) is 0 Å². The number of nitrogens with zero attached hydrogens (tertiary/aromatic N) is 1. The van der Waals surface area contributed by atoms with E-state index in [1.165, 1.54) is 0 Å². The molecule has 4 heteroatoms. The first kappa shape index (κ1) is 8.87. The number of oxime groups is 1. The molecule has 0 aliphatic carbocycles. The van der Waals surface area contributed by atoms with Gasteiger partial charge < -0.3 is 14.7 Å². The summed E-state index contributed by atoms with van der Waals surface area (Å²) < 4.78 is 10.6. The molecule has 1 aromatic carbocycles. The van der Waals surface area contributed by atoms with Gasteiger partial charge in [0.25, 0.3) is 5.90 Å². The molecule has 1 heterocycles. The van der Waals surface area contributed by atoms with Gasteiger partial charge in [-0.3, -0.25) is 0 Å². The highest BCUT2D eigenvalue weighted by molar-refractivity contribution is 5.77.